The van der Waals surface area contributed by atoms with Gasteiger partial charge in [0.05, 0.1) is 0 Å². The minimum absolute atomic E-state index is 0. The Morgan fingerprint density at radius 2 is 1.89 bits per heavy atom. The third kappa shape index (κ3) is 3.37. The number of benzene rings is 1. The first-order chi connectivity index (χ1) is 8.18. The average molecular weight is 359 g/mol. The Balaban J connectivity index is 0.00000162. The van der Waals surface area contributed by atoms with Crippen LogP contribution < -0.4 is 5.32 Å². The molecule has 4 heteroatoms. The molecule has 0 heterocycles. The van der Waals surface area contributed by atoms with Crippen LogP contribution >= 0.6 is 24.0 Å². The van der Waals surface area contributed by atoms with Crippen molar-refractivity contribution in [1.82, 2.24) is 10.2 Å². The molecule has 0 aliphatic heterocycles. The summed E-state index contributed by atoms with van der Waals surface area (Å²) in [6.45, 7) is 0.974. The van der Waals surface area contributed by atoms with Crippen LogP contribution in [0.4, 0.5) is 0 Å². The molecule has 1 aromatic rings. The van der Waals surface area contributed by atoms with Crippen LogP contribution in [0.2, 0.25) is 0 Å². The van der Waals surface area contributed by atoms with Gasteiger partial charge >= 0.3 is 0 Å². The molecule has 1 saturated carbocycles. The van der Waals surface area contributed by atoms with E-state index in [-0.39, 0.29) is 24.0 Å². The summed E-state index contributed by atoms with van der Waals surface area (Å²) in [5.41, 5.74) is 1.79. The average Bonchev–Trinajstić information content (AvgIpc) is 3.12. The summed E-state index contributed by atoms with van der Waals surface area (Å²) in [7, 11) is 5.85. The van der Waals surface area contributed by atoms with Gasteiger partial charge in [0.1, 0.15) is 0 Å². The van der Waals surface area contributed by atoms with Gasteiger partial charge in [0.15, 0.2) is 5.96 Å². The molecular weight excluding hydrogens is 337 g/mol. The topological polar surface area (TPSA) is 27.6 Å². The minimum atomic E-state index is 0. The number of halogens is 1. The molecule has 1 aromatic carbocycles. The van der Waals surface area contributed by atoms with Gasteiger partial charge in [-0.2, -0.15) is 0 Å². The summed E-state index contributed by atoms with van der Waals surface area (Å²) in [5, 5.41) is 3.45. The molecular formula is C14H22IN3. The van der Waals surface area contributed by atoms with E-state index in [0.29, 0.717) is 5.41 Å². The zero-order valence-electron chi connectivity index (χ0n) is 11.3. The monoisotopic (exact) mass is 359 g/mol. The highest BCUT2D eigenvalue weighted by atomic mass is 127. The first-order valence-corrected chi connectivity index (χ1v) is 6.11. The third-order valence-corrected chi connectivity index (χ3v) is 3.46. The Bertz CT molecular complexity index is 397. The Hall–Kier alpha value is -0.780. The fraction of sp³-hybridized carbons (Fsp3) is 0.500. The lowest BCUT2D eigenvalue weighted by Crippen LogP contribution is -2.40. The lowest BCUT2D eigenvalue weighted by Gasteiger charge is -2.21. The lowest BCUT2D eigenvalue weighted by molar-refractivity contribution is 0.559. The van der Waals surface area contributed by atoms with Crippen LogP contribution in [0.3, 0.4) is 0 Å². The van der Waals surface area contributed by atoms with Gasteiger partial charge in [-0.3, -0.25) is 4.99 Å². The van der Waals surface area contributed by atoms with Crippen molar-refractivity contribution in [3.05, 3.63) is 35.9 Å². The smallest absolute Gasteiger partial charge is 0.193 e. The minimum Gasteiger partial charge on any atom is -0.355 e. The first kappa shape index (κ1) is 15.3. The van der Waals surface area contributed by atoms with Crippen molar-refractivity contribution in [2.75, 3.05) is 27.7 Å². The molecule has 0 saturated heterocycles. The number of nitrogens with zero attached hydrogens (tertiary/aromatic N) is 2. The largest absolute Gasteiger partial charge is 0.355 e. The summed E-state index contributed by atoms with van der Waals surface area (Å²) >= 11 is 0. The summed E-state index contributed by atoms with van der Waals surface area (Å²) < 4.78 is 0. The second-order valence-corrected chi connectivity index (χ2v) is 4.94. The molecule has 0 bridgehead atoms. The Morgan fingerprint density at radius 3 is 2.33 bits per heavy atom. The van der Waals surface area contributed by atoms with Gasteiger partial charge in [-0.15, -0.1) is 24.0 Å². The summed E-state index contributed by atoms with van der Waals surface area (Å²) in [4.78, 5) is 6.26. The van der Waals surface area contributed by atoms with Gasteiger partial charge in [-0.1, -0.05) is 30.3 Å². The van der Waals surface area contributed by atoms with Gasteiger partial charge in [-0.25, -0.2) is 0 Å². The first-order valence-electron chi connectivity index (χ1n) is 6.11. The molecule has 0 spiro atoms. The van der Waals surface area contributed by atoms with E-state index in [9.17, 15) is 0 Å². The maximum absolute atomic E-state index is 4.24. The predicted octanol–water partition coefficient (Wildman–Crippen LogP) is 2.47. The van der Waals surface area contributed by atoms with Crippen LogP contribution in [0, 0.1) is 0 Å². The van der Waals surface area contributed by atoms with E-state index in [0.717, 1.165) is 12.5 Å². The van der Waals surface area contributed by atoms with E-state index in [1.807, 2.05) is 26.0 Å². The van der Waals surface area contributed by atoms with E-state index in [1.54, 1.807) is 0 Å². The Morgan fingerprint density at radius 1 is 1.28 bits per heavy atom. The van der Waals surface area contributed by atoms with Crippen molar-refractivity contribution >= 4 is 29.9 Å². The van der Waals surface area contributed by atoms with Crippen molar-refractivity contribution in [2.45, 2.75) is 18.3 Å². The van der Waals surface area contributed by atoms with Gasteiger partial charge in [0.2, 0.25) is 0 Å². The maximum atomic E-state index is 4.24. The number of aliphatic imine (C=N–C) groups is 1. The molecule has 0 radical (unpaired) electrons. The number of hydrogen-bond donors (Lipinski definition) is 1. The molecule has 1 aliphatic rings. The zero-order valence-corrected chi connectivity index (χ0v) is 13.6. The van der Waals surface area contributed by atoms with Gasteiger partial charge in [0, 0.05) is 33.1 Å². The van der Waals surface area contributed by atoms with Crippen LogP contribution in [0.5, 0.6) is 0 Å². The van der Waals surface area contributed by atoms with Crippen molar-refractivity contribution in [2.24, 2.45) is 4.99 Å². The normalized spacial score (nSPS) is 16.7. The van der Waals surface area contributed by atoms with E-state index < -0.39 is 0 Å². The molecule has 100 valence electrons. The second-order valence-electron chi connectivity index (χ2n) is 4.94. The van der Waals surface area contributed by atoms with Gasteiger partial charge in [-0.05, 0) is 18.4 Å². The van der Waals surface area contributed by atoms with Crippen LogP contribution in [0.15, 0.2) is 35.3 Å². The van der Waals surface area contributed by atoms with E-state index in [4.69, 9.17) is 0 Å². The SMILES string of the molecule is CN=C(NCC1(c2ccccc2)CC1)N(C)C.I. The van der Waals surface area contributed by atoms with Crippen molar-refractivity contribution < 1.29 is 0 Å². The molecule has 18 heavy (non-hydrogen) atoms. The second kappa shape index (κ2) is 6.41. The molecule has 3 nitrogen and oxygen atoms in total. The fourth-order valence-electron chi connectivity index (χ4n) is 2.20. The summed E-state index contributed by atoms with van der Waals surface area (Å²) in [5.74, 6) is 0.951. The predicted molar refractivity (Wildman–Crippen MR) is 87.8 cm³/mol. The van der Waals surface area contributed by atoms with Gasteiger partial charge < -0.3 is 10.2 Å². The standard InChI is InChI=1S/C14H21N3.HI/c1-15-13(17(2)3)16-11-14(9-10-14)12-7-5-4-6-8-12;/h4-8H,9-11H2,1-3H3,(H,15,16);1H. The Labute approximate surface area is 127 Å². The summed E-state index contributed by atoms with van der Waals surface area (Å²) in [6, 6.07) is 10.8. The quantitative estimate of drug-likeness (QED) is 0.510. The molecule has 0 aromatic heterocycles. The maximum Gasteiger partial charge on any atom is 0.193 e. The van der Waals surface area contributed by atoms with E-state index >= 15 is 0 Å². The van der Waals surface area contributed by atoms with Gasteiger partial charge in [0.25, 0.3) is 0 Å². The number of guanidine groups is 1. The van der Waals surface area contributed by atoms with Crippen LogP contribution in [0.1, 0.15) is 18.4 Å². The molecule has 0 atom stereocenters. The molecule has 1 aliphatic carbocycles. The summed E-state index contributed by atoms with van der Waals surface area (Å²) in [6.07, 6.45) is 2.54. The lowest BCUT2D eigenvalue weighted by atomic mass is 9.96. The number of rotatable bonds is 3. The van der Waals surface area contributed by atoms with E-state index in [1.165, 1.54) is 18.4 Å². The molecule has 0 amide bonds. The third-order valence-electron chi connectivity index (χ3n) is 3.46. The molecule has 1 fully saturated rings. The van der Waals surface area contributed by atoms with Crippen molar-refractivity contribution in [3.8, 4) is 0 Å². The molecule has 1 N–H and O–H groups in total. The molecule has 0 unspecified atom stereocenters. The Kier molecular flexibility index (Phi) is 5.44. The van der Waals surface area contributed by atoms with Crippen molar-refractivity contribution in [3.63, 3.8) is 0 Å². The van der Waals surface area contributed by atoms with E-state index in [2.05, 4.69) is 40.6 Å². The highest BCUT2D eigenvalue weighted by Crippen LogP contribution is 2.47. The van der Waals surface area contributed by atoms with Crippen molar-refractivity contribution in [1.29, 1.82) is 0 Å². The number of hydrogen-bond acceptors (Lipinski definition) is 1. The fourth-order valence-corrected chi connectivity index (χ4v) is 2.20. The van der Waals surface area contributed by atoms with Crippen LogP contribution in [-0.4, -0.2) is 38.5 Å². The number of nitrogens with one attached hydrogen (secondary N) is 1. The highest BCUT2D eigenvalue weighted by Gasteiger charge is 2.44. The molecule has 2 rings (SSSR count). The van der Waals surface area contributed by atoms with Crippen LogP contribution in [0.25, 0.3) is 0 Å². The highest BCUT2D eigenvalue weighted by molar-refractivity contribution is 14.0. The van der Waals surface area contributed by atoms with Crippen LogP contribution in [-0.2, 0) is 5.41 Å². The zero-order chi connectivity index (χ0) is 12.3.